The first-order valence-corrected chi connectivity index (χ1v) is 12.1. The highest BCUT2D eigenvalue weighted by Crippen LogP contribution is 2.35. The lowest BCUT2D eigenvalue weighted by atomic mass is 10.1. The molecule has 0 atom stereocenters. The highest BCUT2D eigenvalue weighted by Gasteiger charge is 2.30. The molecule has 0 saturated heterocycles. The molecule has 35 heavy (non-hydrogen) atoms. The number of aryl methyl sites for hydroxylation is 1. The van der Waals surface area contributed by atoms with Crippen molar-refractivity contribution in [3.05, 3.63) is 90.3 Å². The Morgan fingerprint density at radius 2 is 1.86 bits per heavy atom. The maximum absolute atomic E-state index is 13.5. The number of nitrogens with two attached hydrogens (primary N) is 1. The fourth-order valence-electron chi connectivity index (χ4n) is 4.13. The monoisotopic (exact) mass is 489 g/mol. The van der Waals surface area contributed by atoms with Gasteiger partial charge in [0, 0.05) is 6.04 Å². The summed E-state index contributed by atoms with van der Waals surface area (Å²) >= 11 is 1.05. The second-order valence-corrected chi connectivity index (χ2v) is 9.55. The quantitative estimate of drug-likeness (QED) is 0.242. The summed E-state index contributed by atoms with van der Waals surface area (Å²) in [5.74, 6) is -0.852. The summed E-state index contributed by atoms with van der Waals surface area (Å²) in [4.78, 5) is 58.2. The van der Waals surface area contributed by atoms with Crippen LogP contribution in [0.1, 0.15) is 40.4 Å². The molecule has 2 heterocycles. The predicted octanol–water partition coefficient (Wildman–Crippen LogP) is 2.74. The number of aromatic nitrogens is 4. The number of H-pyrrole nitrogens is 1. The Morgan fingerprint density at radius 1 is 1.11 bits per heavy atom. The molecule has 0 amide bonds. The Hall–Kier alpha value is -3.92. The molecule has 5 rings (SSSR count). The van der Waals surface area contributed by atoms with Crippen LogP contribution in [0.5, 0.6) is 0 Å². The number of thioether (sulfide) groups is 1. The van der Waals surface area contributed by atoms with Gasteiger partial charge in [0.05, 0.1) is 22.3 Å². The summed E-state index contributed by atoms with van der Waals surface area (Å²) in [5.41, 5.74) is 7.28. The molecule has 1 saturated carbocycles. The molecule has 0 bridgehead atoms. The first-order chi connectivity index (χ1) is 16.8. The molecule has 0 radical (unpaired) electrons. The van der Waals surface area contributed by atoms with E-state index in [-0.39, 0.29) is 28.7 Å². The SMILES string of the molecule is Cc1cccc(-n2c(SCC(=O)c3c(N)n(C4CC4)c(=O)[nH]c3=O)nc3ccccc3c2=O)c1C. The number of carbonyl (C=O) groups excluding carboxylic acids is 1. The second kappa shape index (κ2) is 8.70. The summed E-state index contributed by atoms with van der Waals surface area (Å²) in [6, 6.07) is 12.6. The normalized spacial score (nSPS) is 13.3. The van der Waals surface area contributed by atoms with Gasteiger partial charge in [0.15, 0.2) is 10.9 Å². The van der Waals surface area contributed by atoms with Crippen molar-refractivity contribution >= 4 is 34.3 Å². The third kappa shape index (κ3) is 3.99. The van der Waals surface area contributed by atoms with Crippen molar-refractivity contribution in [2.45, 2.75) is 37.9 Å². The molecule has 9 nitrogen and oxygen atoms in total. The Labute approximate surface area is 203 Å². The van der Waals surface area contributed by atoms with Gasteiger partial charge in [-0.05, 0) is 56.0 Å². The number of nitrogen functional groups attached to an aromatic ring is 1. The zero-order valence-corrected chi connectivity index (χ0v) is 20.0. The van der Waals surface area contributed by atoms with Crippen LogP contribution in [0.4, 0.5) is 5.82 Å². The van der Waals surface area contributed by atoms with Gasteiger partial charge in [-0.25, -0.2) is 9.78 Å². The van der Waals surface area contributed by atoms with E-state index >= 15 is 0 Å². The number of ketones is 1. The standard InChI is InChI=1S/C25H23N5O4S/c1-13-6-5-9-18(14(13)2)30-23(33)16-7-3-4-8-17(16)27-25(30)35-12-19(31)20-21(26)29(15-10-11-15)24(34)28-22(20)32/h3-9,15H,10-12,26H2,1-2H3,(H,28,32,34). The Bertz CT molecular complexity index is 1680. The van der Waals surface area contributed by atoms with Gasteiger partial charge in [-0.2, -0.15) is 0 Å². The molecule has 4 aromatic rings. The molecular weight excluding hydrogens is 466 g/mol. The molecule has 1 aliphatic carbocycles. The minimum Gasteiger partial charge on any atom is -0.384 e. The van der Waals surface area contributed by atoms with Crippen LogP contribution in [0.25, 0.3) is 16.6 Å². The first-order valence-electron chi connectivity index (χ1n) is 11.2. The number of nitrogens with zero attached hydrogens (tertiary/aromatic N) is 3. The second-order valence-electron chi connectivity index (χ2n) is 8.60. The van der Waals surface area contributed by atoms with Gasteiger partial charge in [0.2, 0.25) is 0 Å². The average molecular weight is 490 g/mol. The Kier molecular flexibility index (Phi) is 5.68. The van der Waals surface area contributed by atoms with E-state index in [2.05, 4.69) is 9.97 Å². The summed E-state index contributed by atoms with van der Waals surface area (Å²) in [6.07, 6.45) is 1.53. The van der Waals surface area contributed by atoms with Crippen molar-refractivity contribution in [3.63, 3.8) is 0 Å². The fourth-order valence-corrected chi connectivity index (χ4v) is 5.01. The van der Waals surface area contributed by atoms with E-state index in [9.17, 15) is 19.2 Å². The van der Waals surface area contributed by atoms with E-state index in [0.29, 0.717) is 21.7 Å². The third-order valence-electron chi connectivity index (χ3n) is 6.27. The maximum Gasteiger partial charge on any atom is 0.330 e. The number of nitrogens with one attached hydrogen (secondary N) is 1. The first kappa shape index (κ1) is 22.9. The van der Waals surface area contributed by atoms with E-state index in [0.717, 1.165) is 35.7 Å². The summed E-state index contributed by atoms with van der Waals surface area (Å²) in [6.45, 7) is 3.88. The zero-order valence-electron chi connectivity index (χ0n) is 19.2. The minimum absolute atomic E-state index is 0.102. The molecule has 0 aliphatic heterocycles. The lowest BCUT2D eigenvalue weighted by Gasteiger charge is -2.16. The molecule has 2 aromatic heterocycles. The smallest absolute Gasteiger partial charge is 0.330 e. The lowest BCUT2D eigenvalue weighted by molar-refractivity contribution is 0.102. The Balaban J connectivity index is 1.59. The number of anilines is 1. The third-order valence-corrected chi connectivity index (χ3v) is 7.21. The summed E-state index contributed by atoms with van der Waals surface area (Å²) in [7, 11) is 0. The Morgan fingerprint density at radius 3 is 2.60 bits per heavy atom. The fraction of sp³-hybridized carbons (Fsp3) is 0.240. The van der Waals surface area contributed by atoms with E-state index in [1.165, 1.54) is 9.13 Å². The minimum atomic E-state index is -0.812. The maximum atomic E-state index is 13.5. The largest absolute Gasteiger partial charge is 0.384 e. The van der Waals surface area contributed by atoms with Gasteiger partial charge in [-0.15, -0.1) is 0 Å². The van der Waals surface area contributed by atoms with Crippen LogP contribution in [-0.4, -0.2) is 30.6 Å². The molecule has 0 spiro atoms. The number of aromatic amines is 1. The average Bonchev–Trinajstić information content (AvgIpc) is 3.65. The van der Waals surface area contributed by atoms with E-state index in [1.54, 1.807) is 24.3 Å². The van der Waals surface area contributed by atoms with Gasteiger partial charge in [-0.3, -0.25) is 28.5 Å². The van der Waals surface area contributed by atoms with E-state index in [1.807, 2.05) is 32.0 Å². The van der Waals surface area contributed by atoms with Crippen molar-refractivity contribution in [2.75, 3.05) is 11.5 Å². The number of para-hydroxylation sites is 1. The van der Waals surface area contributed by atoms with Crippen LogP contribution in [0.3, 0.4) is 0 Å². The predicted molar refractivity (Wildman–Crippen MR) is 136 cm³/mol. The number of carbonyl (C=O) groups is 1. The lowest BCUT2D eigenvalue weighted by Crippen LogP contribution is -2.36. The molecule has 1 fully saturated rings. The van der Waals surface area contributed by atoms with Crippen molar-refractivity contribution in [3.8, 4) is 5.69 Å². The van der Waals surface area contributed by atoms with Crippen LogP contribution >= 0.6 is 11.8 Å². The molecular formula is C25H23N5O4S. The molecule has 3 N–H and O–H groups in total. The highest BCUT2D eigenvalue weighted by molar-refractivity contribution is 7.99. The van der Waals surface area contributed by atoms with Crippen molar-refractivity contribution in [1.82, 2.24) is 19.1 Å². The molecule has 1 aliphatic rings. The van der Waals surface area contributed by atoms with Crippen LogP contribution in [0.2, 0.25) is 0 Å². The number of Topliss-reactive ketones (excluding diaryl/α,β-unsaturated/α-hetero) is 1. The van der Waals surface area contributed by atoms with Gasteiger partial charge >= 0.3 is 5.69 Å². The van der Waals surface area contributed by atoms with Crippen LogP contribution < -0.4 is 22.5 Å². The number of hydrogen-bond donors (Lipinski definition) is 2. The van der Waals surface area contributed by atoms with Crippen molar-refractivity contribution < 1.29 is 4.79 Å². The molecule has 10 heteroatoms. The summed E-state index contributed by atoms with van der Waals surface area (Å²) in [5, 5.41) is 0.780. The van der Waals surface area contributed by atoms with Crippen LogP contribution in [-0.2, 0) is 0 Å². The van der Waals surface area contributed by atoms with E-state index < -0.39 is 17.0 Å². The zero-order chi connectivity index (χ0) is 24.9. The molecule has 178 valence electrons. The number of fused-ring (bicyclic) bond motifs is 1. The topological polar surface area (TPSA) is 133 Å². The molecule has 2 aromatic carbocycles. The van der Waals surface area contributed by atoms with Crippen LogP contribution in [0.15, 0.2) is 62.0 Å². The summed E-state index contributed by atoms with van der Waals surface area (Å²) < 4.78 is 2.78. The van der Waals surface area contributed by atoms with Gasteiger partial charge < -0.3 is 5.73 Å². The van der Waals surface area contributed by atoms with Crippen molar-refractivity contribution in [2.24, 2.45) is 0 Å². The van der Waals surface area contributed by atoms with Gasteiger partial charge in [0.1, 0.15) is 11.4 Å². The number of benzene rings is 2. The van der Waals surface area contributed by atoms with Crippen molar-refractivity contribution in [1.29, 1.82) is 0 Å². The van der Waals surface area contributed by atoms with Gasteiger partial charge in [-0.1, -0.05) is 36.0 Å². The number of hydrogen-bond acceptors (Lipinski definition) is 7. The van der Waals surface area contributed by atoms with Crippen LogP contribution in [0, 0.1) is 13.8 Å². The number of rotatable bonds is 6. The van der Waals surface area contributed by atoms with Gasteiger partial charge in [0.25, 0.3) is 11.1 Å². The molecule has 0 unspecified atom stereocenters. The highest BCUT2D eigenvalue weighted by atomic mass is 32.2. The van der Waals surface area contributed by atoms with E-state index in [4.69, 9.17) is 5.73 Å².